The van der Waals surface area contributed by atoms with Gasteiger partial charge in [-0.05, 0) is 37.5 Å². The second-order valence-corrected chi connectivity index (χ2v) is 30.2. The molecule has 0 aromatic rings. The first kappa shape index (κ1) is 90.1. The van der Waals surface area contributed by atoms with Crippen LogP contribution in [-0.2, 0) is 65.4 Å². The molecule has 0 saturated carbocycles. The van der Waals surface area contributed by atoms with Gasteiger partial charge in [-0.25, -0.2) is 9.13 Å². The summed E-state index contributed by atoms with van der Waals surface area (Å²) in [6, 6.07) is 0. The van der Waals surface area contributed by atoms with Crippen molar-refractivity contribution in [2.24, 2.45) is 11.8 Å². The average Bonchev–Trinajstić information content (AvgIpc) is 1.68. The lowest BCUT2D eigenvalue weighted by Gasteiger charge is -2.21. The van der Waals surface area contributed by atoms with Crippen LogP contribution in [0.5, 0.6) is 0 Å². The fraction of sp³-hybridized carbons (Fsp3) is 0.945. The molecule has 0 amide bonds. The molecule has 5 atom stereocenters. The first-order valence-corrected chi connectivity index (χ1v) is 41.0. The highest BCUT2D eigenvalue weighted by Gasteiger charge is 2.30. The van der Waals surface area contributed by atoms with Gasteiger partial charge >= 0.3 is 39.5 Å². The number of carbonyl (C=O) groups excluding carboxylic acids is 4. The van der Waals surface area contributed by atoms with Gasteiger partial charge in [0.05, 0.1) is 26.4 Å². The average molecular weight is 1350 g/mol. The Balaban J connectivity index is 5.22. The van der Waals surface area contributed by atoms with Gasteiger partial charge in [0.1, 0.15) is 19.3 Å². The van der Waals surface area contributed by atoms with E-state index in [0.717, 1.165) is 108 Å². The third-order valence-electron chi connectivity index (χ3n) is 17.0. The zero-order valence-electron chi connectivity index (χ0n) is 59.9. The van der Waals surface area contributed by atoms with Crippen LogP contribution in [0.4, 0.5) is 0 Å². The minimum absolute atomic E-state index is 0.106. The van der Waals surface area contributed by atoms with Crippen molar-refractivity contribution in [3.63, 3.8) is 0 Å². The van der Waals surface area contributed by atoms with Crippen LogP contribution in [0.2, 0.25) is 0 Å². The molecule has 0 spiro atoms. The van der Waals surface area contributed by atoms with Gasteiger partial charge in [-0.3, -0.25) is 37.3 Å². The van der Waals surface area contributed by atoms with E-state index in [-0.39, 0.29) is 25.7 Å². The maximum absolute atomic E-state index is 13.1. The number of hydrogen-bond acceptors (Lipinski definition) is 15. The highest BCUT2D eigenvalue weighted by atomic mass is 31.2. The number of esters is 4. The maximum atomic E-state index is 13.1. The van der Waals surface area contributed by atoms with E-state index < -0.39 is 97.5 Å². The van der Waals surface area contributed by atoms with Crippen molar-refractivity contribution >= 4 is 39.5 Å². The molecule has 0 aliphatic rings. The quantitative estimate of drug-likeness (QED) is 0.0222. The molecule has 0 fully saturated rings. The van der Waals surface area contributed by atoms with Gasteiger partial charge in [-0.15, -0.1) is 0 Å². The van der Waals surface area contributed by atoms with E-state index in [4.69, 9.17) is 37.0 Å². The molecule has 0 radical (unpaired) electrons. The van der Waals surface area contributed by atoms with Crippen molar-refractivity contribution in [1.29, 1.82) is 0 Å². The molecular formula is C73H142O17P2. The number of ether oxygens (including phenoxy) is 4. The molecule has 0 aromatic heterocycles. The predicted molar refractivity (Wildman–Crippen MR) is 372 cm³/mol. The number of phosphoric ester groups is 2. The fourth-order valence-corrected chi connectivity index (χ4v) is 12.7. The first-order chi connectivity index (χ1) is 44.4. The molecule has 17 nitrogen and oxygen atoms in total. The van der Waals surface area contributed by atoms with Crippen LogP contribution in [0.15, 0.2) is 0 Å². The summed E-state index contributed by atoms with van der Waals surface area (Å²) in [6.07, 6.45) is 51.3. The molecule has 92 heavy (non-hydrogen) atoms. The summed E-state index contributed by atoms with van der Waals surface area (Å²) < 4.78 is 68.4. The normalized spacial score (nSPS) is 14.1. The second kappa shape index (κ2) is 65.0. The third kappa shape index (κ3) is 66.7. The van der Waals surface area contributed by atoms with Crippen LogP contribution in [0.25, 0.3) is 0 Å². The van der Waals surface area contributed by atoms with Gasteiger partial charge < -0.3 is 33.8 Å². The molecule has 0 rings (SSSR count). The Labute approximate surface area is 562 Å². The second-order valence-electron chi connectivity index (χ2n) is 27.3. The van der Waals surface area contributed by atoms with E-state index >= 15 is 0 Å². The van der Waals surface area contributed by atoms with Crippen molar-refractivity contribution in [2.75, 3.05) is 39.6 Å². The van der Waals surface area contributed by atoms with Crippen LogP contribution in [-0.4, -0.2) is 96.7 Å². The standard InChI is InChI=1S/C73H142O17P2/c1-7-9-11-13-15-17-18-19-20-21-22-23-26-33-39-45-51-57-72(77)90-69(62-84-71(76)56-50-44-38-32-27-24-25-30-35-41-47-53-65(3)4)64-88-92(81,82)86-60-67(74)59-85-91(79,80)87-63-68(61-83-70(75)55-49-43-37-16-14-12-10-8-2)89-73(78)58-52-46-40-34-29-28-31-36-42-48-54-66(5)6/h65-69,74H,7-64H2,1-6H3,(H,79,80)(H,81,82)/t67-,68+,69+/m0/s1. The summed E-state index contributed by atoms with van der Waals surface area (Å²) in [6.45, 7) is 9.54. The smallest absolute Gasteiger partial charge is 0.462 e. The van der Waals surface area contributed by atoms with Gasteiger partial charge in [-0.2, -0.15) is 0 Å². The van der Waals surface area contributed by atoms with Crippen LogP contribution in [0.1, 0.15) is 375 Å². The lowest BCUT2D eigenvalue weighted by molar-refractivity contribution is -0.161. The summed E-state index contributed by atoms with van der Waals surface area (Å²) in [7, 11) is -9.90. The highest BCUT2D eigenvalue weighted by Crippen LogP contribution is 2.45. The molecule has 19 heteroatoms. The number of carbonyl (C=O) groups is 4. The van der Waals surface area contributed by atoms with E-state index in [2.05, 4.69) is 41.5 Å². The van der Waals surface area contributed by atoms with Crippen molar-refractivity contribution in [3.05, 3.63) is 0 Å². The molecule has 2 unspecified atom stereocenters. The van der Waals surface area contributed by atoms with Gasteiger partial charge in [-0.1, -0.05) is 324 Å². The van der Waals surface area contributed by atoms with Crippen molar-refractivity contribution in [2.45, 2.75) is 394 Å². The number of rotatable bonds is 72. The summed E-state index contributed by atoms with van der Waals surface area (Å²) in [5.74, 6) is -0.598. The lowest BCUT2D eigenvalue weighted by atomic mass is 10.0. The summed E-state index contributed by atoms with van der Waals surface area (Å²) in [4.78, 5) is 72.6. The number of phosphoric acid groups is 2. The van der Waals surface area contributed by atoms with Crippen molar-refractivity contribution in [1.82, 2.24) is 0 Å². The summed E-state index contributed by atoms with van der Waals surface area (Å²) in [5, 5.41) is 10.6. The number of aliphatic hydroxyl groups excluding tert-OH is 1. The van der Waals surface area contributed by atoms with Gasteiger partial charge in [0.2, 0.25) is 0 Å². The van der Waals surface area contributed by atoms with Gasteiger partial charge in [0.25, 0.3) is 0 Å². The van der Waals surface area contributed by atoms with Crippen LogP contribution >= 0.6 is 15.6 Å². The van der Waals surface area contributed by atoms with E-state index in [1.54, 1.807) is 0 Å². The van der Waals surface area contributed by atoms with Crippen molar-refractivity contribution < 1.29 is 80.2 Å². The minimum Gasteiger partial charge on any atom is -0.462 e. The molecule has 0 saturated heterocycles. The topological polar surface area (TPSA) is 237 Å². The van der Waals surface area contributed by atoms with E-state index in [1.807, 2.05) is 0 Å². The van der Waals surface area contributed by atoms with Crippen LogP contribution in [0.3, 0.4) is 0 Å². The maximum Gasteiger partial charge on any atom is 0.472 e. The number of unbranched alkanes of at least 4 members (excludes halogenated alkanes) is 42. The van der Waals surface area contributed by atoms with Crippen molar-refractivity contribution in [3.8, 4) is 0 Å². The SMILES string of the molecule is CCCCCCCCCCCCCCCCCCCC(=O)O[C@H](COC(=O)CCCCCCCCCCCCCC(C)C)COP(=O)(O)OC[C@@H](O)COP(=O)(O)OC[C@@H](COC(=O)CCCCCCCCCC)OC(=O)CCCCCCCCCCCCC(C)C. The Hall–Kier alpha value is -1.94. The van der Waals surface area contributed by atoms with E-state index in [0.29, 0.717) is 25.7 Å². The summed E-state index contributed by atoms with van der Waals surface area (Å²) in [5.41, 5.74) is 0. The summed E-state index contributed by atoms with van der Waals surface area (Å²) >= 11 is 0. The minimum atomic E-state index is -4.95. The molecule has 0 aliphatic heterocycles. The number of hydrogen-bond donors (Lipinski definition) is 3. The Morgan fingerprint density at radius 1 is 0.293 bits per heavy atom. The molecular weight excluding hydrogens is 1210 g/mol. The molecule has 0 bridgehead atoms. The Bertz CT molecular complexity index is 1790. The van der Waals surface area contributed by atoms with Gasteiger partial charge in [0, 0.05) is 25.7 Å². The molecule has 546 valence electrons. The fourth-order valence-electron chi connectivity index (χ4n) is 11.1. The zero-order valence-corrected chi connectivity index (χ0v) is 61.6. The third-order valence-corrected chi connectivity index (χ3v) is 18.9. The van der Waals surface area contributed by atoms with Gasteiger partial charge in [0.15, 0.2) is 12.2 Å². The molecule has 0 aliphatic carbocycles. The number of aliphatic hydroxyl groups is 1. The molecule has 0 heterocycles. The molecule has 0 aromatic carbocycles. The predicted octanol–water partition coefficient (Wildman–Crippen LogP) is 21.2. The lowest BCUT2D eigenvalue weighted by Crippen LogP contribution is -2.30. The Kier molecular flexibility index (Phi) is 63.7. The monoisotopic (exact) mass is 1350 g/mol. The van der Waals surface area contributed by atoms with E-state index in [1.165, 1.54) is 186 Å². The van der Waals surface area contributed by atoms with E-state index in [9.17, 15) is 43.2 Å². The highest BCUT2D eigenvalue weighted by molar-refractivity contribution is 7.47. The molecule has 3 N–H and O–H groups in total. The first-order valence-electron chi connectivity index (χ1n) is 38.0. The zero-order chi connectivity index (χ0) is 67.9. The largest absolute Gasteiger partial charge is 0.472 e. The van der Waals surface area contributed by atoms with Crippen LogP contribution in [0, 0.1) is 11.8 Å². The Morgan fingerprint density at radius 3 is 0.739 bits per heavy atom. The van der Waals surface area contributed by atoms with Crippen LogP contribution < -0.4 is 0 Å². The Morgan fingerprint density at radius 2 is 0.500 bits per heavy atom.